The minimum absolute atomic E-state index is 0. The van der Waals surface area contributed by atoms with Crippen LogP contribution in [0.2, 0.25) is 0 Å². The van der Waals surface area contributed by atoms with Crippen LogP contribution in [-0.2, 0) is 18.4 Å². The summed E-state index contributed by atoms with van der Waals surface area (Å²) in [5, 5.41) is 17.5. The van der Waals surface area contributed by atoms with E-state index in [1.54, 1.807) is 31.3 Å². The topological polar surface area (TPSA) is 141 Å². The standard InChI is InChI=1S/C24H23BrFN9O3.BrH/c1-33-16(11-28-24(33)34(37)38)13-35(2,3)8-4-5-22(36)32-21-10-17-20(12-27-21)29-14-30-23(17)31-15-6-7-19(26)18(25)9-15;/h4-7,9-12,14H,8,13H2,1-3H3,(H-,27,29,30,31,32,36);1H/b5-4+;. The zero-order valence-corrected chi connectivity index (χ0v) is 24.3. The minimum Gasteiger partial charge on any atom is -1.00 e. The largest absolute Gasteiger partial charge is 1.00 e. The Labute approximate surface area is 241 Å². The highest BCUT2D eigenvalue weighted by Crippen LogP contribution is 2.27. The lowest BCUT2D eigenvalue weighted by Crippen LogP contribution is -3.00. The number of halogens is 3. The number of hydrogen-bond donors (Lipinski definition) is 2. The summed E-state index contributed by atoms with van der Waals surface area (Å²) >= 11 is 3.17. The summed E-state index contributed by atoms with van der Waals surface area (Å²) in [4.78, 5) is 39.6. The summed E-state index contributed by atoms with van der Waals surface area (Å²) in [5.74, 6) is -0.194. The van der Waals surface area contributed by atoms with Gasteiger partial charge in [0.2, 0.25) is 5.91 Å². The van der Waals surface area contributed by atoms with Crippen molar-refractivity contribution in [2.75, 3.05) is 31.3 Å². The van der Waals surface area contributed by atoms with Gasteiger partial charge in [-0.25, -0.2) is 23.9 Å². The summed E-state index contributed by atoms with van der Waals surface area (Å²) in [6.45, 7) is 0.975. The Morgan fingerprint density at radius 1 is 1.21 bits per heavy atom. The molecule has 4 aromatic rings. The van der Waals surface area contributed by atoms with Crippen molar-refractivity contribution in [3.05, 3.63) is 81.2 Å². The molecule has 0 radical (unpaired) electrons. The fourth-order valence-corrected chi connectivity index (χ4v) is 4.08. The highest BCUT2D eigenvalue weighted by molar-refractivity contribution is 9.10. The molecule has 3 heterocycles. The number of nitrogens with one attached hydrogen (secondary N) is 2. The molecule has 1 amide bonds. The number of anilines is 3. The van der Waals surface area contributed by atoms with Crippen LogP contribution in [0.3, 0.4) is 0 Å². The van der Waals surface area contributed by atoms with Crippen LogP contribution >= 0.6 is 15.9 Å². The summed E-state index contributed by atoms with van der Waals surface area (Å²) in [6, 6.07) is 6.15. The molecule has 4 rings (SSSR count). The van der Waals surface area contributed by atoms with Crippen LogP contribution < -0.4 is 27.6 Å². The molecule has 12 nitrogen and oxygen atoms in total. The second-order valence-corrected chi connectivity index (χ2v) is 9.95. The van der Waals surface area contributed by atoms with Crippen molar-refractivity contribution in [1.29, 1.82) is 0 Å². The maximum absolute atomic E-state index is 13.6. The van der Waals surface area contributed by atoms with Crippen LogP contribution in [0.4, 0.5) is 27.7 Å². The SMILES string of the molecule is Cn1c(C[N+](C)(C)C/C=C/C(=O)Nc2cc3c(Nc4ccc(F)c(Br)c4)ncnc3cn2)cnc1[N+](=O)[O-].[Br-]. The Morgan fingerprint density at radius 3 is 2.67 bits per heavy atom. The number of rotatable bonds is 9. The van der Waals surface area contributed by atoms with Crippen molar-refractivity contribution in [3.8, 4) is 0 Å². The monoisotopic (exact) mass is 663 g/mol. The molecular formula is C24H24Br2FN9O3. The molecule has 0 bridgehead atoms. The first-order valence-electron chi connectivity index (χ1n) is 11.3. The van der Waals surface area contributed by atoms with E-state index in [-0.39, 0.29) is 34.7 Å². The van der Waals surface area contributed by atoms with Crippen LogP contribution in [0.1, 0.15) is 5.69 Å². The summed E-state index contributed by atoms with van der Waals surface area (Å²) < 4.78 is 15.8. The molecule has 0 fully saturated rings. The van der Waals surface area contributed by atoms with Crippen LogP contribution in [0.15, 0.2) is 59.6 Å². The van der Waals surface area contributed by atoms with E-state index in [0.29, 0.717) is 56.0 Å². The lowest BCUT2D eigenvalue weighted by Gasteiger charge is -2.27. The lowest BCUT2D eigenvalue weighted by atomic mass is 10.2. The highest BCUT2D eigenvalue weighted by Gasteiger charge is 2.24. The zero-order valence-electron chi connectivity index (χ0n) is 21.1. The van der Waals surface area contributed by atoms with E-state index < -0.39 is 4.92 Å². The van der Waals surface area contributed by atoms with Crippen molar-refractivity contribution in [2.24, 2.45) is 7.05 Å². The van der Waals surface area contributed by atoms with Crippen molar-refractivity contribution in [1.82, 2.24) is 24.5 Å². The van der Waals surface area contributed by atoms with Crippen molar-refractivity contribution >= 4 is 56.0 Å². The van der Waals surface area contributed by atoms with Gasteiger partial charge in [0, 0.05) is 17.1 Å². The minimum atomic E-state index is -0.526. The van der Waals surface area contributed by atoms with E-state index in [0.717, 1.165) is 0 Å². The van der Waals surface area contributed by atoms with Gasteiger partial charge in [-0.3, -0.25) is 4.79 Å². The smallest absolute Gasteiger partial charge is 0.434 e. The van der Waals surface area contributed by atoms with E-state index >= 15 is 0 Å². The summed E-state index contributed by atoms with van der Waals surface area (Å²) in [7, 11) is 5.49. The first-order chi connectivity index (χ1) is 18.0. The number of pyridine rings is 1. The number of carbonyl (C=O) groups is 1. The first kappa shape index (κ1) is 29.7. The van der Waals surface area contributed by atoms with Crippen LogP contribution in [0.5, 0.6) is 0 Å². The number of aromatic nitrogens is 5. The van der Waals surface area contributed by atoms with Crippen molar-refractivity contribution < 1.29 is 35.6 Å². The lowest BCUT2D eigenvalue weighted by molar-refractivity contribution is -0.898. The Kier molecular flexibility index (Phi) is 9.42. The number of hydrogen-bond acceptors (Lipinski definition) is 8. The second-order valence-electron chi connectivity index (χ2n) is 9.10. The number of quaternary nitrogens is 1. The Bertz CT molecular complexity index is 1560. The number of imidazole rings is 1. The van der Waals surface area contributed by atoms with Gasteiger partial charge in [0.15, 0.2) is 5.69 Å². The number of nitrogens with zero attached hydrogens (tertiary/aromatic N) is 7. The number of fused-ring (bicyclic) bond motifs is 1. The average molecular weight is 665 g/mol. The van der Waals surface area contributed by atoms with E-state index in [1.165, 1.54) is 35.4 Å². The van der Waals surface area contributed by atoms with Gasteiger partial charge in [-0.2, -0.15) is 0 Å². The molecule has 1 aromatic carbocycles. The molecule has 0 saturated heterocycles. The van der Waals surface area contributed by atoms with Crippen molar-refractivity contribution in [3.63, 3.8) is 0 Å². The third kappa shape index (κ3) is 7.40. The molecule has 0 saturated carbocycles. The zero-order chi connectivity index (χ0) is 27.4. The van der Waals surface area contributed by atoms with Gasteiger partial charge in [-0.15, -0.1) is 0 Å². The van der Waals surface area contributed by atoms with Gasteiger partial charge >= 0.3 is 5.95 Å². The highest BCUT2D eigenvalue weighted by atomic mass is 79.9. The van der Waals surface area contributed by atoms with Crippen LogP contribution in [0, 0.1) is 15.9 Å². The normalized spacial score (nSPS) is 11.4. The molecule has 0 spiro atoms. The Morgan fingerprint density at radius 2 is 1.97 bits per heavy atom. The third-order valence-electron chi connectivity index (χ3n) is 5.64. The van der Waals surface area contributed by atoms with E-state index in [4.69, 9.17) is 0 Å². The molecule has 39 heavy (non-hydrogen) atoms. The molecule has 3 aromatic heterocycles. The summed E-state index contributed by atoms with van der Waals surface area (Å²) in [6.07, 6.45) is 7.53. The van der Waals surface area contributed by atoms with Crippen LogP contribution in [-0.4, -0.2) is 60.5 Å². The van der Waals surface area contributed by atoms with Crippen LogP contribution in [0.25, 0.3) is 10.9 Å². The maximum Gasteiger partial charge on any atom is 0.434 e. The molecule has 0 aliphatic heterocycles. The number of likely N-dealkylation sites (N-methyl/N-ethyl adjacent to an activating group) is 1. The molecular weight excluding hydrogens is 641 g/mol. The summed E-state index contributed by atoms with van der Waals surface area (Å²) in [5.41, 5.74) is 1.89. The quantitative estimate of drug-likeness (QED) is 0.117. The van der Waals surface area contributed by atoms with Gasteiger partial charge in [0.05, 0.1) is 43.9 Å². The molecule has 15 heteroatoms. The number of benzene rings is 1. The molecule has 0 atom stereocenters. The second kappa shape index (κ2) is 12.4. The van der Waals surface area contributed by atoms with Gasteiger partial charge < -0.3 is 42.2 Å². The van der Waals surface area contributed by atoms with E-state index in [9.17, 15) is 19.3 Å². The van der Waals surface area contributed by atoms with E-state index in [1.807, 2.05) is 14.1 Å². The Balaban J connectivity index is 0.00000420. The van der Waals surface area contributed by atoms with E-state index in [2.05, 4.69) is 46.5 Å². The molecule has 0 aliphatic rings. The average Bonchev–Trinajstić information content (AvgIpc) is 3.21. The fourth-order valence-electron chi connectivity index (χ4n) is 3.70. The number of amides is 1. The predicted molar refractivity (Wildman–Crippen MR) is 143 cm³/mol. The van der Waals surface area contributed by atoms with Gasteiger partial charge in [0.25, 0.3) is 0 Å². The molecule has 0 aliphatic carbocycles. The molecule has 0 unspecified atom stereocenters. The van der Waals surface area contributed by atoms with Crippen molar-refractivity contribution in [2.45, 2.75) is 6.54 Å². The van der Waals surface area contributed by atoms with Gasteiger partial charge in [-0.1, -0.05) is 4.98 Å². The predicted octanol–water partition coefficient (Wildman–Crippen LogP) is 1.09. The number of carbonyl (C=O) groups excluding carboxylic acids is 1. The Hall–Kier alpha value is -3.82. The number of nitro groups is 1. The molecule has 204 valence electrons. The fraction of sp³-hybridized carbons (Fsp3) is 0.208. The molecule has 2 N–H and O–H groups in total. The first-order valence-corrected chi connectivity index (χ1v) is 12.1. The maximum atomic E-state index is 13.6. The van der Waals surface area contributed by atoms with Gasteiger partial charge in [-0.05, 0) is 51.2 Å². The third-order valence-corrected chi connectivity index (χ3v) is 6.25. The van der Waals surface area contributed by atoms with Gasteiger partial charge in [0.1, 0.15) is 36.5 Å².